The summed E-state index contributed by atoms with van der Waals surface area (Å²) in [5.74, 6) is 1.05. The molecule has 0 saturated carbocycles. The van der Waals surface area contributed by atoms with Gasteiger partial charge in [0.25, 0.3) is 0 Å². The summed E-state index contributed by atoms with van der Waals surface area (Å²) in [5, 5.41) is 2.90. The topological polar surface area (TPSA) is 72.9 Å². The number of nitrogens with one attached hydrogen (secondary N) is 1. The quantitative estimate of drug-likeness (QED) is 0.303. The molecule has 1 N–H and O–H groups in total. The van der Waals surface area contributed by atoms with Crippen molar-refractivity contribution in [1.82, 2.24) is 14.3 Å². The molecule has 0 saturated heterocycles. The van der Waals surface area contributed by atoms with Crippen molar-refractivity contribution in [1.29, 1.82) is 0 Å². The minimum atomic E-state index is -0.912. The minimum absolute atomic E-state index is 0.253. The van der Waals surface area contributed by atoms with E-state index in [-0.39, 0.29) is 11.8 Å². The second-order valence-corrected chi connectivity index (χ2v) is 9.97. The summed E-state index contributed by atoms with van der Waals surface area (Å²) in [7, 11) is 0. The summed E-state index contributed by atoms with van der Waals surface area (Å²) in [6.07, 6.45) is 4.26. The summed E-state index contributed by atoms with van der Waals surface area (Å²) in [4.78, 5) is 27.2. The zero-order chi connectivity index (χ0) is 26.0. The van der Waals surface area contributed by atoms with Crippen molar-refractivity contribution in [3.05, 3.63) is 147 Å². The molecule has 3 aromatic carbocycles. The maximum absolute atomic E-state index is 14.0. The Morgan fingerprint density at radius 2 is 1.26 bits per heavy atom. The molecule has 0 fully saturated rings. The van der Waals surface area contributed by atoms with Crippen LogP contribution in [0.25, 0.3) is 28.3 Å². The lowest BCUT2D eigenvalue weighted by atomic mass is 9.78. The van der Waals surface area contributed by atoms with Gasteiger partial charge < -0.3 is 4.42 Å². The van der Waals surface area contributed by atoms with Crippen LogP contribution in [0.15, 0.2) is 129 Å². The molecule has 2 heterocycles. The van der Waals surface area contributed by atoms with E-state index >= 15 is 0 Å². The molecular formula is C32H25N3O3. The van der Waals surface area contributed by atoms with Gasteiger partial charge in [0.1, 0.15) is 17.1 Å². The highest BCUT2D eigenvalue weighted by Gasteiger charge is 2.61. The van der Waals surface area contributed by atoms with Gasteiger partial charge in [-0.05, 0) is 19.1 Å². The molecule has 5 aromatic rings. The van der Waals surface area contributed by atoms with Crippen LogP contribution in [-0.4, -0.2) is 14.3 Å². The monoisotopic (exact) mass is 499 g/mol. The van der Waals surface area contributed by atoms with E-state index in [1.165, 1.54) is 9.25 Å². The van der Waals surface area contributed by atoms with Gasteiger partial charge in [-0.1, -0.05) is 103 Å². The number of rotatable bonds is 5. The van der Waals surface area contributed by atoms with Gasteiger partial charge in [-0.2, -0.15) is 0 Å². The molecule has 2 aliphatic carbocycles. The standard InChI is InChI=1S/C32H25N3O3/c1-20(2)32(35-31(37)34(30(36)33-35)23-16-10-5-11-17-23)24-18-19-25(32)27-26(24)28(21-12-6-3-7-13-21)38-29(27)22-14-8-4-9-15-22/h3-19,24-25H,1H2,2H3,(H,33,36). The van der Waals surface area contributed by atoms with Gasteiger partial charge in [0.15, 0.2) is 0 Å². The van der Waals surface area contributed by atoms with E-state index < -0.39 is 16.9 Å². The zero-order valence-electron chi connectivity index (χ0n) is 20.8. The Labute approximate surface area is 218 Å². The summed E-state index contributed by atoms with van der Waals surface area (Å²) < 4.78 is 9.34. The summed E-state index contributed by atoms with van der Waals surface area (Å²) in [5.41, 5.74) is 3.48. The SMILES string of the molecule is C=C(C)C1(n2[nH]c(=O)n(-c3ccccc3)c2=O)C2C=CC1c1c(-c3ccccc3)oc(-c3ccccc3)c12. The molecular weight excluding hydrogens is 474 g/mol. The van der Waals surface area contributed by atoms with Crippen LogP contribution < -0.4 is 11.4 Å². The van der Waals surface area contributed by atoms with E-state index in [1.807, 2.05) is 85.8 Å². The van der Waals surface area contributed by atoms with Gasteiger partial charge in [0.05, 0.1) is 5.69 Å². The number of fused-ring (bicyclic) bond motifs is 5. The molecule has 0 aliphatic heterocycles. The number of aromatic amines is 1. The van der Waals surface area contributed by atoms with Crippen molar-refractivity contribution in [2.45, 2.75) is 24.3 Å². The van der Waals surface area contributed by atoms with Crippen LogP contribution in [-0.2, 0) is 5.54 Å². The second kappa shape index (κ2) is 8.08. The largest absolute Gasteiger partial charge is 0.455 e. The maximum atomic E-state index is 14.0. The Kier molecular flexibility index (Phi) is 4.76. The summed E-state index contributed by atoms with van der Waals surface area (Å²) >= 11 is 0. The number of hydrogen-bond acceptors (Lipinski definition) is 3. The second-order valence-electron chi connectivity index (χ2n) is 9.97. The van der Waals surface area contributed by atoms with E-state index in [2.05, 4.69) is 23.8 Å². The van der Waals surface area contributed by atoms with E-state index in [0.717, 1.165) is 39.3 Å². The third-order valence-corrected chi connectivity index (χ3v) is 7.98. The molecule has 2 bridgehead atoms. The number of para-hydroxylation sites is 1. The lowest BCUT2D eigenvalue weighted by Gasteiger charge is -2.36. The fourth-order valence-electron chi connectivity index (χ4n) is 6.46. The van der Waals surface area contributed by atoms with Crippen molar-refractivity contribution in [2.24, 2.45) is 0 Å². The Morgan fingerprint density at radius 3 is 1.74 bits per heavy atom. The Balaban J connectivity index is 1.52. The van der Waals surface area contributed by atoms with Crippen LogP contribution in [0, 0.1) is 0 Å². The van der Waals surface area contributed by atoms with Crippen LogP contribution in [0.2, 0.25) is 0 Å². The first-order valence-electron chi connectivity index (χ1n) is 12.6. The van der Waals surface area contributed by atoms with E-state index in [0.29, 0.717) is 5.69 Å². The number of hydrogen-bond donors (Lipinski definition) is 1. The van der Waals surface area contributed by atoms with Crippen molar-refractivity contribution in [3.8, 4) is 28.3 Å². The zero-order valence-corrected chi connectivity index (χ0v) is 20.8. The third kappa shape index (κ3) is 2.83. The van der Waals surface area contributed by atoms with Crippen LogP contribution in [0.5, 0.6) is 0 Å². The van der Waals surface area contributed by atoms with Crippen molar-refractivity contribution in [3.63, 3.8) is 0 Å². The first-order valence-corrected chi connectivity index (χ1v) is 12.6. The third-order valence-electron chi connectivity index (χ3n) is 7.98. The molecule has 0 spiro atoms. The number of H-pyrrole nitrogens is 1. The first-order chi connectivity index (χ1) is 18.5. The molecule has 2 atom stereocenters. The minimum Gasteiger partial charge on any atom is -0.455 e. The van der Waals surface area contributed by atoms with Crippen LogP contribution >= 0.6 is 0 Å². The maximum Gasteiger partial charge on any atom is 0.352 e. The van der Waals surface area contributed by atoms with Gasteiger partial charge in [-0.25, -0.2) is 23.9 Å². The van der Waals surface area contributed by atoms with Gasteiger partial charge in [-0.15, -0.1) is 0 Å². The number of benzene rings is 3. The van der Waals surface area contributed by atoms with E-state index in [1.54, 1.807) is 12.1 Å². The molecule has 0 amide bonds. The summed E-state index contributed by atoms with van der Waals surface area (Å²) in [6.45, 7) is 6.32. The highest BCUT2D eigenvalue weighted by Crippen LogP contribution is 2.66. The van der Waals surface area contributed by atoms with Gasteiger partial charge >= 0.3 is 11.4 Å². The normalized spacial score (nSPS) is 21.1. The molecule has 2 unspecified atom stereocenters. The number of aromatic nitrogens is 3. The molecule has 6 heteroatoms. The Bertz CT molecular complexity index is 1760. The van der Waals surface area contributed by atoms with Gasteiger partial charge in [0.2, 0.25) is 0 Å². The summed E-state index contributed by atoms with van der Waals surface area (Å²) in [6, 6.07) is 29.0. The van der Waals surface area contributed by atoms with Crippen LogP contribution in [0.1, 0.15) is 29.9 Å². The molecule has 7 rings (SSSR count). The smallest absolute Gasteiger partial charge is 0.352 e. The average Bonchev–Trinajstić information content (AvgIpc) is 3.67. The number of furan rings is 1. The molecule has 2 aliphatic rings. The average molecular weight is 500 g/mol. The Hall–Kier alpha value is -4.84. The lowest BCUT2D eigenvalue weighted by Crippen LogP contribution is -2.46. The van der Waals surface area contributed by atoms with Crippen molar-refractivity contribution in [2.75, 3.05) is 0 Å². The van der Waals surface area contributed by atoms with Crippen molar-refractivity contribution < 1.29 is 4.42 Å². The highest BCUT2D eigenvalue weighted by atomic mass is 16.3. The Morgan fingerprint density at radius 1 is 0.789 bits per heavy atom. The fourth-order valence-corrected chi connectivity index (χ4v) is 6.46. The predicted molar refractivity (Wildman–Crippen MR) is 148 cm³/mol. The van der Waals surface area contributed by atoms with Crippen LogP contribution in [0.4, 0.5) is 0 Å². The number of nitrogens with zero attached hydrogens (tertiary/aromatic N) is 2. The molecule has 6 nitrogen and oxygen atoms in total. The van der Waals surface area contributed by atoms with Gasteiger partial charge in [-0.3, -0.25) is 0 Å². The van der Waals surface area contributed by atoms with Crippen molar-refractivity contribution >= 4 is 0 Å². The number of allylic oxidation sites excluding steroid dienone is 3. The molecule has 186 valence electrons. The molecule has 38 heavy (non-hydrogen) atoms. The van der Waals surface area contributed by atoms with E-state index in [4.69, 9.17) is 4.42 Å². The predicted octanol–water partition coefficient (Wildman–Crippen LogP) is 5.98. The molecule has 0 radical (unpaired) electrons. The first kappa shape index (κ1) is 22.4. The highest BCUT2D eigenvalue weighted by molar-refractivity contribution is 5.79. The fraction of sp³-hybridized carbons (Fsp3) is 0.125. The van der Waals surface area contributed by atoms with Gasteiger partial charge in [0, 0.05) is 34.1 Å². The van der Waals surface area contributed by atoms with Crippen LogP contribution in [0.3, 0.4) is 0 Å². The van der Waals surface area contributed by atoms with E-state index in [9.17, 15) is 9.59 Å². The molecule has 2 aromatic heterocycles. The lowest BCUT2D eigenvalue weighted by molar-refractivity contribution is 0.279.